The molecule has 0 N–H and O–H groups in total. The van der Waals surface area contributed by atoms with E-state index in [1.165, 1.54) is 12.1 Å². The topological polar surface area (TPSA) is 41.4 Å². The molecule has 1 aliphatic rings. The number of aromatic nitrogens is 2. The first-order valence-corrected chi connectivity index (χ1v) is 6.97. The first-order chi connectivity index (χ1) is 10.3. The third-order valence-electron chi connectivity index (χ3n) is 3.80. The van der Waals surface area contributed by atoms with Crippen LogP contribution in [0, 0.1) is 5.82 Å². The van der Waals surface area contributed by atoms with Crippen LogP contribution in [-0.4, -0.2) is 47.1 Å². The van der Waals surface area contributed by atoms with Crippen LogP contribution in [-0.2, 0) is 4.79 Å². The maximum atomic E-state index is 12.9. The molecule has 0 saturated carbocycles. The zero-order valence-electron chi connectivity index (χ0n) is 11.6. The molecule has 1 aromatic carbocycles. The summed E-state index contributed by atoms with van der Waals surface area (Å²) in [5, 5.41) is 4.14. The van der Waals surface area contributed by atoms with Crippen LogP contribution in [0.25, 0.3) is 0 Å². The van der Waals surface area contributed by atoms with Gasteiger partial charge in [0.1, 0.15) is 5.82 Å². The van der Waals surface area contributed by atoms with Gasteiger partial charge < -0.3 is 4.90 Å². The largest absolute Gasteiger partial charge is 0.369 e. The Hall–Kier alpha value is -2.21. The van der Waals surface area contributed by atoms with Gasteiger partial charge in [-0.2, -0.15) is 5.10 Å². The molecule has 1 saturated heterocycles. The van der Waals surface area contributed by atoms with Crippen molar-refractivity contribution in [1.29, 1.82) is 0 Å². The van der Waals surface area contributed by atoms with Gasteiger partial charge in [-0.05, 0) is 30.3 Å². The summed E-state index contributed by atoms with van der Waals surface area (Å²) in [6.45, 7) is 3.13. The summed E-state index contributed by atoms with van der Waals surface area (Å²) in [7, 11) is 0. The molecular formula is C15H17FN4O. The zero-order valence-corrected chi connectivity index (χ0v) is 11.6. The van der Waals surface area contributed by atoms with E-state index in [-0.39, 0.29) is 12.0 Å². The minimum absolute atomic E-state index is 0.225. The average Bonchev–Trinajstić information content (AvgIpc) is 3.04. The summed E-state index contributed by atoms with van der Waals surface area (Å²) in [4.78, 5) is 15.6. The average molecular weight is 288 g/mol. The van der Waals surface area contributed by atoms with E-state index in [1.54, 1.807) is 29.2 Å². The highest BCUT2D eigenvalue weighted by Crippen LogP contribution is 2.19. The Balaban J connectivity index is 1.64. The Morgan fingerprint density at radius 2 is 1.86 bits per heavy atom. The van der Waals surface area contributed by atoms with Crippen LogP contribution in [0.5, 0.6) is 0 Å². The van der Waals surface area contributed by atoms with Gasteiger partial charge in [0.2, 0.25) is 0 Å². The molecule has 1 unspecified atom stereocenters. The first-order valence-electron chi connectivity index (χ1n) is 6.97. The number of nitrogens with zero attached hydrogens (tertiary/aromatic N) is 4. The second kappa shape index (κ2) is 6.05. The number of hydrogen-bond acceptors (Lipinski definition) is 4. The smallest absolute Gasteiger partial charge is 0.160 e. The summed E-state index contributed by atoms with van der Waals surface area (Å²) in [5.41, 5.74) is 1.01. The molecule has 1 aliphatic heterocycles. The van der Waals surface area contributed by atoms with Crippen molar-refractivity contribution in [2.45, 2.75) is 6.17 Å². The van der Waals surface area contributed by atoms with Crippen LogP contribution in [0.4, 0.5) is 10.1 Å². The van der Waals surface area contributed by atoms with Crippen LogP contribution < -0.4 is 4.90 Å². The lowest BCUT2D eigenvalue weighted by molar-refractivity contribution is -0.115. The Labute approximate surface area is 122 Å². The zero-order chi connectivity index (χ0) is 14.7. The number of hydrogen-bond donors (Lipinski definition) is 0. The standard InChI is InChI=1S/C15H17FN4O/c16-13-2-4-14(5-3-13)18-8-10-19(11-9-18)15(12-21)20-7-1-6-17-20/h1-7,12,15H,8-11H2. The highest BCUT2D eigenvalue weighted by atomic mass is 19.1. The third-order valence-corrected chi connectivity index (χ3v) is 3.80. The molecule has 2 heterocycles. The van der Waals surface area contributed by atoms with Crippen molar-refractivity contribution in [3.8, 4) is 0 Å². The van der Waals surface area contributed by atoms with Crippen LogP contribution in [0.3, 0.4) is 0 Å². The van der Waals surface area contributed by atoms with E-state index in [2.05, 4.69) is 14.9 Å². The van der Waals surface area contributed by atoms with E-state index in [1.807, 2.05) is 6.07 Å². The van der Waals surface area contributed by atoms with E-state index in [0.29, 0.717) is 0 Å². The summed E-state index contributed by atoms with van der Waals surface area (Å²) in [6.07, 6.45) is 4.03. The highest BCUT2D eigenvalue weighted by molar-refractivity contribution is 5.55. The van der Waals surface area contributed by atoms with Gasteiger partial charge in [-0.3, -0.25) is 9.69 Å². The van der Waals surface area contributed by atoms with E-state index >= 15 is 0 Å². The molecule has 1 atom stereocenters. The molecule has 0 bridgehead atoms. The number of benzene rings is 1. The fourth-order valence-corrected chi connectivity index (χ4v) is 2.65. The monoisotopic (exact) mass is 288 g/mol. The van der Waals surface area contributed by atoms with E-state index in [9.17, 15) is 9.18 Å². The molecule has 1 fully saturated rings. The fourth-order valence-electron chi connectivity index (χ4n) is 2.65. The minimum Gasteiger partial charge on any atom is -0.369 e. The van der Waals surface area contributed by atoms with Gasteiger partial charge in [0.15, 0.2) is 12.5 Å². The molecule has 3 rings (SSSR count). The third kappa shape index (κ3) is 2.95. The van der Waals surface area contributed by atoms with Gasteiger partial charge in [0.25, 0.3) is 0 Å². The van der Waals surface area contributed by atoms with E-state index in [0.717, 1.165) is 38.2 Å². The quantitative estimate of drug-likeness (QED) is 0.800. The maximum absolute atomic E-state index is 12.9. The highest BCUT2D eigenvalue weighted by Gasteiger charge is 2.24. The molecule has 0 radical (unpaired) electrons. The van der Waals surface area contributed by atoms with E-state index in [4.69, 9.17) is 0 Å². The van der Waals surface area contributed by atoms with Gasteiger partial charge in [-0.1, -0.05) is 0 Å². The molecule has 2 aromatic rings. The molecule has 21 heavy (non-hydrogen) atoms. The molecule has 0 aliphatic carbocycles. The summed E-state index contributed by atoms with van der Waals surface area (Å²) in [5.74, 6) is -0.225. The van der Waals surface area contributed by atoms with Gasteiger partial charge >= 0.3 is 0 Å². The first kappa shape index (κ1) is 13.8. The second-order valence-electron chi connectivity index (χ2n) is 5.04. The number of aldehydes is 1. The second-order valence-corrected chi connectivity index (χ2v) is 5.04. The van der Waals surface area contributed by atoms with Crippen LogP contribution in [0.15, 0.2) is 42.7 Å². The Morgan fingerprint density at radius 3 is 2.43 bits per heavy atom. The van der Waals surface area contributed by atoms with Crippen LogP contribution >= 0.6 is 0 Å². The predicted octanol–water partition coefficient (Wildman–Crippen LogP) is 1.54. The number of rotatable bonds is 4. The maximum Gasteiger partial charge on any atom is 0.160 e. The summed E-state index contributed by atoms with van der Waals surface area (Å²) in [6, 6.07) is 8.33. The SMILES string of the molecule is O=CC(N1CCN(c2ccc(F)cc2)CC1)n1cccn1. The van der Waals surface area contributed by atoms with Crippen molar-refractivity contribution in [2.75, 3.05) is 31.1 Å². The molecule has 6 heteroatoms. The van der Waals surface area contributed by atoms with Crippen LogP contribution in [0.1, 0.15) is 6.17 Å². The van der Waals surface area contributed by atoms with Crippen molar-refractivity contribution < 1.29 is 9.18 Å². The number of halogens is 1. The lowest BCUT2D eigenvalue weighted by Crippen LogP contribution is -2.49. The van der Waals surface area contributed by atoms with E-state index < -0.39 is 0 Å². The minimum atomic E-state index is -0.352. The van der Waals surface area contributed by atoms with Crippen molar-refractivity contribution in [3.63, 3.8) is 0 Å². The lowest BCUT2D eigenvalue weighted by Gasteiger charge is -2.38. The number of carbonyl (C=O) groups is 1. The number of anilines is 1. The summed E-state index contributed by atoms with van der Waals surface area (Å²) < 4.78 is 14.6. The van der Waals surface area contributed by atoms with Crippen molar-refractivity contribution >= 4 is 12.0 Å². The van der Waals surface area contributed by atoms with Crippen LogP contribution in [0.2, 0.25) is 0 Å². The van der Waals surface area contributed by atoms with Crippen molar-refractivity contribution in [3.05, 3.63) is 48.5 Å². The molecular weight excluding hydrogens is 271 g/mol. The molecule has 110 valence electrons. The molecule has 1 aromatic heterocycles. The summed E-state index contributed by atoms with van der Waals surface area (Å²) >= 11 is 0. The predicted molar refractivity (Wildman–Crippen MR) is 77.5 cm³/mol. The van der Waals surface area contributed by atoms with Gasteiger partial charge in [0, 0.05) is 44.3 Å². The fraction of sp³-hybridized carbons (Fsp3) is 0.333. The normalized spacial score (nSPS) is 17.7. The Morgan fingerprint density at radius 1 is 1.14 bits per heavy atom. The lowest BCUT2D eigenvalue weighted by atomic mass is 10.2. The Kier molecular flexibility index (Phi) is 3.96. The van der Waals surface area contributed by atoms with Gasteiger partial charge in [0.05, 0.1) is 0 Å². The molecule has 0 spiro atoms. The molecule has 5 nitrogen and oxygen atoms in total. The van der Waals surface area contributed by atoms with Crippen molar-refractivity contribution in [1.82, 2.24) is 14.7 Å². The van der Waals surface area contributed by atoms with Crippen molar-refractivity contribution in [2.24, 2.45) is 0 Å². The number of carbonyl (C=O) groups excluding carboxylic acids is 1. The van der Waals surface area contributed by atoms with Gasteiger partial charge in [-0.15, -0.1) is 0 Å². The van der Waals surface area contributed by atoms with Gasteiger partial charge in [-0.25, -0.2) is 9.07 Å². The number of piperazine rings is 1. The Bertz CT molecular complexity index is 576. The molecule has 0 amide bonds.